The minimum Gasteiger partial charge on any atom is -0.225 e. The average Bonchev–Trinajstić information content (AvgIpc) is 1.85. The van der Waals surface area contributed by atoms with E-state index in [-0.39, 0.29) is 12.4 Å². The van der Waals surface area contributed by atoms with Crippen molar-refractivity contribution in [3.63, 3.8) is 0 Å². The number of halogens is 3. The number of rotatable bonds is 1. The SMILES string of the molecule is Cc1cc(CCl)cc(F)n1.Cl. The molecule has 62 valence electrons. The minimum absolute atomic E-state index is 0. The van der Waals surface area contributed by atoms with Gasteiger partial charge in [-0.25, -0.2) is 4.98 Å². The largest absolute Gasteiger partial charge is 0.225 e. The lowest BCUT2D eigenvalue weighted by Gasteiger charge is -1.96. The lowest BCUT2D eigenvalue weighted by atomic mass is 10.2. The summed E-state index contributed by atoms with van der Waals surface area (Å²) in [4.78, 5) is 3.56. The third kappa shape index (κ3) is 3.04. The van der Waals surface area contributed by atoms with Crippen LogP contribution in [0.3, 0.4) is 0 Å². The molecule has 0 radical (unpaired) electrons. The van der Waals surface area contributed by atoms with E-state index < -0.39 is 5.95 Å². The molecule has 0 spiro atoms. The molecule has 0 saturated heterocycles. The van der Waals surface area contributed by atoms with Gasteiger partial charge in [0.1, 0.15) is 0 Å². The third-order valence-corrected chi connectivity index (χ3v) is 1.44. The fraction of sp³-hybridized carbons (Fsp3) is 0.286. The van der Waals surface area contributed by atoms with Gasteiger partial charge >= 0.3 is 0 Å². The van der Waals surface area contributed by atoms with Crippen molar-refractivity contribution < 1.29 is 4.39 Å². The lowest BCUT2D eigenvalue weighted by molar-refractivity contribution is 0.578. The summed E-state index contributed by atoms with van der Waals surface area (Å²) < 4.78 is 12.4. The molecule has 1 rings (SSSR count). The molecule has 1 aromatic heterocycles. The first-order valence-corrected chi connectivity index (χ1v) is 3.45. The second-order valence-corrected chi connectivity index (χ2v) is 2.34. The lowest BCUT2D eigenvalue weighted by Crippen LogP contribution is -1.89. The Labute approximate surface area is 76.0 Å². The maximum Gasteiger partial charge on any atom is 0.213 e. The summed E-state index contributed by atoms with van der Waals surface area (Å²) >= 11 is 5.48. The normalized spacial score (nSPS) is 9.00. The van der Waals surface area contributed by atoms with E-state index in [4.69, 9.17) is 11.6 Å². The van der Waals surface area contributed by atoms with Crippen LogP contribution < -0.4 is 0 Å². The highest BCUT2D eigenvalue weighted by atomic mass is 35.5. The van der Waals surface area contributed by atoms with Crippen molar-refractivity contribution in [1.29, 1.82) is 0 Å². The van der Waals surface area contributed by atoms with Gasteiger partial charge in [-0.3, -0.25) is 0 Å². The molecule has 0 N–H and O–H groups in total. The summed E-state index contributed by atoms with van der Waals surface area (Å²) in [6.45, 7) is 1.74. The zero-order valence-electron chi connectivity index (χ0n) is 5.97. The highest BCUT2D eigenvalue weighted by Crippen LogP contribution is 2.06. The maximum atomic E-state index is 12.4. The Balaban J connectivity index is 0.000001000. The standard InChI is InChI=1S/C7H7ClFN.ClH/c1-5-2-6(4-8)3-7(9)10-5;/h2-3H,4H2,1H3;1H. The van der Waals surface area contributed by atoms with Crippen LogP contribution in [0.5, 0.6) is 0 Å². The number of pyridine rings is 1. The molecule has 1 heterocycles. The number of aryl methyl sites for hydroxylation is 1. The van der Waals surface area contributed by atoms with Crippen LogP contribution in [-0.4, -0.2) is 4.98 Å². The van der Waals surface area contributed by atoms with Gasteiger partial charge in [0, 0.05) is 11.6 Å². The molecule has 0 saturated carbocycles. The van der Waals surface area contributed by atoms with Crippen LogP contribution in [-0.2, 0) is 5.88 Å². The van der Waals surface area contributed by atoms with E-state index in [0.29, 0.717) is 11.6 Å². The molecular weight excluding hydrogens is 188 g/mol. The Kier molecular flexibility index (Phi) is 4.38. The predicted octanol–water partition coefficient (Wildman–Crippen LogP) is 2.69. The zero-order valence-corrected chi connectivity index (χ0v) is 7.55. The highest BCUT2D eigenvalue weighted by Gasteiger charge is 1.96. The van der Waals surface area contributed by atoms with Crippen LogP contribution in [0.2, 0.25) is 0 Å². The molecule has 1 nitrogen and oxygen atoms in total. The topological polar surface area (TPSA) is 12.9 Å². The van der Waals surface area contributed by atoms with Crippen molar-refractivity contribution in [2.24, 2.45) is 0 Å². The summed E-state index contributed by atoms with van der Waals surface area (Å²) in [5, 5.41) is 0. The average molecular weight is 196 g/mol. The van der Waals surface area contributed by atoms with Crippen LogP contribution in [0.15, 0.2) is 12.1 Å². The van der Waals surface area contributed by atoms with Crippen LogP contribution in [0.25, 0.3) is 0 Å². The van der Waals surface area contributed by atoms with E-state index >= 15 is 0 Å². The summed E-state index contributed by atoms with van der Waals surface area (Å²) in [6.07, 6.45) is 0. The van der Waals surface area contributed by atoms with Crippen molar-refractivity contribution in [2.45, 2.75) is 12.8 Å². The Morgan fingerprint density at radius 1 is 1.55 bits per heavy atom. The molecule has 0 aliphatic rings. The van der Waals surface area contributed by atoms with Crippen molar-refractivity contribution in [1.82, 2.24) is 4.98 Å². The Morgan fingerprint density at radius 2 is 2.18 bits per heavy atom. The van der Waals surface area contributed by atoms with Crippen LogP contribution >= 0.6 is 24.0 Å². The van der Waals surface area contributed by atoms with Crippen molar-refractivity contribution >= 4 is 24.0 Å². The van der Waals surface area contributed by atoms with E-state index in [1.807, 2.05) is 0 Å². The van der Waals surface area contributed by atoms with E-state index in [2.05, 4.69) is 4.98 Å². The van der Waals surface area contributed by atoms with Gasteiger partial charge < -0.3 is 0 Å². The third-order valence-electron chi connectivity index (χ3n) is 1.14. The number of hydrogen-bond acceptors (Lipinski definition) is 1. The fourth-order valence-corrected chi connectivity index (χ4v) is 0.927. The zero-order chi connectivity index (χ0) is 7.56. The molecule has 0 fully saturated rings. The van der Waals surface area contributed by atoms with Crippen LogP contribution in [0.1, 0.15) is 11.3 Å². The molecule has 11 heavy (non-hydrogen) atoms. The summed E-state index contributed by atoms with van der Waals surface area (Å²) in [7, 11) is 0. The highest BCUT2D eigenvalue weighted by molar-refractivity contribution is 6.17. The van der Waals surface area contributed by atoms with E-state index in [9.17, 15) is 4.39 Å². The van der Waals surface area contributed by atoms with Crippen molar-refractivity contribution in [3.05, 3.63) is 29.3 Å². The van der Waals surface area contributed by atoms with E-state index in [0.717, 1.165) is 5.56 Å². The van der Waals surface area contributed by atoms with Gasteiger partial charge in [-0.15, -0.1) is 24.0 Å². The first-order valence-electron chi connectivity index (χ1n) is 2.91. The first-order chi connectivity index (χ1) is 4.72. The number of hydrogen-bond donors (Lipinski definition) is 0. The molecular formula is C7H8Cl2FN. The van der Waals surface area contributed by atoms with Gasteiger partial charge in [0.15, 0.2) is 0 Å². The van der Waals surface area contributed by atoms with E-state index in [1.165, 1.54) is 6.07 Å². The molecule has 0 bridgehead atoms. The Bertz CT molecular complexity index is 220. The molecule has 0 aliphatic heterocycles. The van der Waals surface area contributed by atoms with Gasteiger partial charge in [-0.2, -0.15) is 4.39 Å². The van der Waals surface area contributed by atoms with E-state index in [1.54, 1.807) is 13.0 Å². The molecule has 0 aromatic carbocycles. The number of aromatic nitrogens is 1. The fourth-order valence-electron chi connectivity index (χ4n) is 0.773. The second-order valence-electron chi connectivity index (χ2n) is 2.07. The first kappa shape index (κ1) is 10.7. The molecule has 4 heteroatoms. The van der Waals surface area contributed by atoms with Crippen molar-refractivity contribution in [3.8, 4) is 0 Å². The molecule has 1 aromatic rings. The van der Waals surface area contributed by atoms with Crippen LogP contribution in [0, 0.1) is 12.9 Å². The Hall–Kier alpha value is -0.340. The summed E-state index contributed by atoms with van der Waals surface area (Å²) in [5.41, 5.74) is 1.43. The number of nitrogens with zero attached hydrogens (tertiary/aromatic N) is 1. The quantitative estimate of drug-likeness (QED) is 0.497. The summed E-state index contributed by atoms with van der Waals surface area (Å²) in [5.74, 6) is -0.129. The molecule has 0 atom stereocenters. The van der Waals surface area contributed by atoms with Gasteiger partial charge in [0.05, 0.1) is 0 Å². The number of alkyl halides is 1. The maximum absolute atomic E-state index is 12.4. The smallest absolute Gasteiger partial charge is 0.213 e. The monoisotopic (exact) mass is 195 g/mol. The molecule has 0 aliphatic carbocycles. The van der Waals surface area contributed by atoms with Gasteiger partial charge in [-0.1, -0.05) is 0 Å². The molecule has 0 amide bonds. The molecule has 0 unspecified atom stereocenters. The van der Waals surface area contributed by atoms with Crippen LogP contribution in [0.4, 0.5) is 4.39 Å². The minimum atomic E-state index is -0.462. The second kappa shape index (κ2) is 4.52. The van der Waals surface area contributed by atoms with Crippen molar-refractivity contribution in [2.75, 3.05) is 0 Å². The summed E-state index contributed by atoms with van der Waals surface area (Å²) in [6, 6.07) is 3.09. The van der Waals surface area contributed by atoms with Gasteiger partial charge in [0.2, 0.25) is 5.95 Å². The Morgan fingerprint density at radius 3 is 2.64 bits per heavy atom. The van der Waals surface area contributed by atoms with Gasteiger partial charge in [0.25, 0.3) is 0 Å². The predicted molar refractivity (Wildman–Crippen MR) is 45.7 cm³/mol. The van der Waals surface area contributed by atoms with Gasteiger partial charge in [-0.05, 0) is 24.6 Å².